The lowest BCUT2D eigenvalue weighted by Crippen LogP contribution is -2.38. The second-order valence-corrected chi connectivity index (χ2v) is 7.18. The molecule has 4 rings (SSSR count). The molecule has 1 amide bonds. The standard InChI is InChI=1S/C23H25N3O4/c1-3-29-18-10-8-17(9-11-18)23(27)26-14-12-16(13-15-26)21-24-22(30-25-21)19-6-4-5-7-20(19)28-2/h4-11,16H,3,12-15H2,1-2H3. The number of hydrogen-bond acceptors (Lipinski definition) is 6. The number of benzene rings is 2. The largest absolute Gasteiger partial charge is 0.496 e. The van der Waals surface area contributed by atoms with Gasteiger partial charge in [0.15, 0.2) is 5.82 Å². The highest BCUT2D eigenvalue weighted by molar-refractivity contribution is 5.94. The summed E-state index contributed by atoms with van der Waals surface area (Å²) in [6, 6.07) is 14.9. The van der Waals surface area contributed by atoms with E-state index >= 15 is 0 Å². The fourth-order valence-corrected chi connectivity index (χ4v) is 3.72. The number of para-hydroxylation sites is 1. The van der Waals surface area contributed by atoms with Crippen LogP contribution in [0.3, 0.4) is 0 Å². The molecule has 0 aliphatic carbocycles. The number of nitrogens with zero attached hydrogens (tertiary/aromatic N) is 3. The van der Waals surface area contributed by atoms with Crippen LogP contribution in [0, 0.1) is 0 Å². The number of methoxy groups -OCH3 is 1. The normalized spacial score (nSPS) is 14.5. The zero-order chi connectivity index (χ0) is 20.9. The van der Waals surface area contributed by atoms with Crippen LogP contribution in [-0.2, 0) is 0 Å². The first-order valence-electron chi connectivity index (χ1n) is 10.2. The van der Waals surface area contributed by atoms with Crippen molar-refractivity contribution in [3.05, 3.63) is 59.9 Å². The molecule has 156 valence electrons. The minimum atomic E-state index is 0.0410. The summed E-state index contributed by atoms with van der Waals surface area (Å²) in [5.41, 5.74) is 1.46. The first-order valence-corrected chi connectivity index (χ1v) is 10.2. The second-order valence-electron chi connectivity index (χ2n) is 7.18. The van der Waals surface area contributed by atoms with Crippen molar-refractivity contribution < 1.29 is 18.8 Å². The van der Waals surface area contributed by atoms with E-state index in [2.05, 4.69) is 10.1 Å². The topological polar surface area (TPSA) is 77.7 Å². The lowest BCUT2D eigenvalue weighted by Gasteiger charge is -2.30. The van der Waals surface area contributed by atoms with Crippen molar-refractivity contribution in [2.45, 2.75) is 25.7 Å². The molecule has 0 saturated carbocycles. The summed E-state index contributed by atoms with van der Waals surface area (Å²) < 4.78 is 16.3. The summed E-state index contributed by atoms with van der Waals surface area (Å²) in [5.74, 6) is 2.82. The van der Waals surface area contributed by atoms with Crippen LogP contribution in [0.2, 0.25) is 0 Å². The fourth-order valence-electron chi connectivity index (χ4n) is 3.72. The maximum atomic E-state index is 12.8. The first kappa shape index (κ1) is 19.9. The van der Waals surface area contributed by atoms with E-state index in [-0.39, 0.29) is 11.8 Å². The van der Waals surface area contributed by atoms with Gasteiger partial charge < -0.3 is 18.9 Å². The molecule has 0 atom stereocenters. The Kier molecular flexibility index (Phi) is 5.97. The van der Waals surface area contributed by atoms with Gasteiger partial charge >= 0.3 is 0 Å². The first-order chi connectivity index (χ1) is 14.7. The number of amides is 1. The van der Waals surface area contributed by atoms with E-state index < -0.39 is 0 Å². The summed E-state index contributed by atoms with van der Waals surface area (Å²) in [5, 5.41) is 4.19. The molecule has 2 heterocycles. The summed E-state index contributed by atoms with van der Waals surface area (Å²) in [7, 11) is 1.62. The minimum Gasteiger partial charge on any atom is -0.496 e. The van der Waals surface area contributed by atoms with Crippen LogP contribution >= 0.6 is 0 Å². The molecule has 3 aromatic rings. The predicted molar refractivity (Wildman–Crippen MR) is 112 cm³/mol. The highest BCUT2D eigenvalue weighted by atomic mass is 16.5. The van der Waals surface area contributed by atoms with Crippen LogP contribution in [0.1, 0.15) is 41.9 Å². The van der Waals surface area contributed by atoms with Crippen molar-refractivity contribution in [1.82, 2.24) is 15.0 Å². The van der Waals surface area contributed by atoms with Gasteiger partial charge in [0.1, 0.15) is 11.5 Å². The lowest BCUT2D eigenvalue weighted by molar-refractivity contribution is 0.0710. The van der Waals surface area contributed by atoms with Gasteiger partial charge in [-0.15, -0.1) is 0 Å². The number of ether oxygens (including phenoxy) is 2. The molecule has 2 aromatic carbocycles. The Balaban J connectivity index is 1.39. The predicted octanol–water partition coefficient (Wildman–Crippen LogP) is 4.16. The smallest absolute Gasteiger partial charge is 0.261 e. The molecule has 1 fully saturated rings. The molecule has 0 bridgehead atoms. The van der Waals surface area contributed by atoms with Crippen LogP contribution in [0.15, 0.2) is 53.1 Å². The Bertz CT molecular complexity index is 992. The average molecular weight is 407 g/mol. The SMILES string of the molecule is CCOc1ccc(C(=O)N2CCC(c3noc(-c4ccccc4OC)n3)CC2)cc1. The van der Waals surface area contributed by atoms with Crippen LogP contribution in [0.5, 0.6) is 11.5 Å². The third-order valence-corrected chi connectivity index (χ3v) is 5.34. The monoisotopic (exact) mass is 407 g/mol. The van der Waals surface area contributed by atoms with Crippen molar-refractivity contribution in [3.8, 4) is 23.0 Å². The molecule has 1 aromatic heterocycles. The lowest BCUT2D eigenvalue weighted by atomic mass is 9.95. The molecule has 1 aliphatic rings. The van der Waals surface area contributed by atoms with E-state index in [1.807, 2.05) is 60.4 Å². The average Bonchev–Trinajstić information content (AvgIpc) is 3.29. The summed E-state index contributed by atoms with van der Waals surface area (Å²) in [6.07, 6.45) is 1.60. The third-order valence-electron chi connectivity index (χ3n) is 5.34. The van der Waals surface area contributed by atoms with Gasteiger partial charge in [-0.3, -0.25) is 4.79 Å². The van der Waals surface area contributed by atoms with Crippen molar-refractivity contribution in [2.24, 2.45) is 0 Å². The number of likely N-dealkylation sites (tertiary alicyclic amines) is 1. The Labute approximate surface area is 175 Å². The number of carbonyl (C=O) groups is 1. The molecular formula is C23H25N3O4. The maximum Gasteiger partial charge on any atom is 0.261 e. The third kappa shape index (κ3) is 4.15. The van der Waals surface area contributed by atoms with Crippen molar-refractivity contribution in [1.29, 1.82) is 0 Å². The van der Waals surface area contributed by atoms with Gasteiger partial charge in [0, 0.05) is 24.6 Å². The van der Waals surface area contributed by atoms with Gasteiger partial charge in [0.05, 0.1) is 19.3 Å². The van der Waals surface area contributed by atoms with Crippen molar-refractivity contribution >= 4 is 5.91 Å². The van der Waals surface area contributed by atoms with Gasteiger partial charge in [-0.25, -0.2) is 0 Å². The van der Waals surface area contributed by atoms with Gasteiger partial charge in [-0.1, -0.05) is 17.3 Å². The quantitative estimate of drug-likeness (QED) is 0.610. The van der Waals surface area contributed by atoms with Gasteiger partial charge in [0.25, 0.3) is 11.8 Å². The van der Waals surface area contributed by atoms with Crippen LogP contribution < -0.4 is 9.47 Å². The van der Waals surface area contributed by atoms with E-state index in [0.717, 1.165) is 24.2 Å². The highest BCUT2D eigenvalue weighted by Crippen LogP contribution is 2.32. The zero-order valence-electron chi connectivity index (χ0n) is 17.2. The van der Waals surface area contributed by atoms with Crippen LogP contribution in [0.4, 0.5) is 0 Å². The highest BCUT2D eigenvalue weighted by Gasteiger charge is 2.28. The Morgan fingerprint density at radius 3 is 2.57 bits per heavy atom. The summed E-state index contributed by atoms with van der Waals surface area (Å²) >= 11 is 0. The zero-order valence-corrected chi connectivity index (χ0v) is 17.2. The number of rotatable bonds is 6. The molecule has 0 unspecified atom stereocenters. The number of hydrogen-bond donors (Lipinski definition) is 0. The van der Waals surface area contributed by atoms with E-state index in [0.29, 0.717) is 42.7 Å². The number of piperidine rings is 1. The van der Waals surface area contributed by atoms with Crippen LogP contribution in [-0.4, -0.2) is 47.8 Å². The van der Waals surface area contributed by atoms with Gasteiger partial charge in [0.2, 0.25) is 0 Å². The molecule has 7 heteroatoms. The fraction of sp³-hybridized carbons (Fsp3) is 0.348. The summed E-state index contributed by atoms with van der Waals surface area (Å²) in [6.45, 7) is 3.87. The van der Waals surface area contributed by atoms with E-state index in [4.69, 9.17) is 14.0 Å². The molecule has 30 heavy (non-hydrogen) atoms. The molecule has 0 spiro atoms. The van der Waals surface area contributed by atoms with E-state index in [1.165, 1.54) is 0 Å². The van der Waals surface area contributed by atoms with E-state index in [9.17, 15) is 4.79 Å². The Morgan fingerprint density at radius 2 is 1.87 bits per heavy atom. The van der Waals surface area contributed by atoms with Gasteiger partial charge in [-0.05, 0) is 56.2 Å². The van der Waals surface area contributed by atoms with Crippen molar-refractivity contribution in [2.75, 3.05) is 26.8 Å². The molecule has 0 radical (unpaired) electrons. The Morgan fingerprint density at radius 1 is 1.13 bits per heavy atom. The minimum absolute atomic E-state index is 0.0410. The number of carbonyl (C=O) groups excluding carboxylic acids is 1. The summed E-state index contributed by atoms with van der Waals surface area (Å²) in [4.78, 5) is 19.3. The molecular weight excluding hydrogens is 382 g/mol. The van der Waals surface area contributed by atoms with Crippen LogP contribution in [0.25, 0.3) is 11.5 Å². The number of aromatic nitrogens is 2. The molecule has 1 aliphatic heterocycles. The van der Waals surface area contributed by atoms with Gasteiger partial charge in [-0.2, -0.15) is 4.98 Å². The maximum absolute atomic E-state index is 12.8. The van der Waals surface area contributed by atoms with Crippen molar-refractivity contribution in [3.63, 3.8) is 0 Å². The van der Waals surface area contributed by atoms with E-state index in [1.54, 1.807) is 7.11 Å². The Hall–Kier alpha value is -3.35. The molecule has 7 nitrogen and oxygen atoms in total. The molecule has 0 N–H and O–H groups in total. The second kappa shape index (κ2) is 8.98. The molecule has 1 saturated heterocycles.